The van der Waals surface area contributed by atoms with Gasteiger partial charge in [0.15, 0.2) is 0 Å². The van der Waals surface area contributed by atoms with Crippen LogP contribution in [0.25, 0.3) is 0 Å². The molecule has 15 heavy (non-hydrogen) atoms. The summed E-state index contributed by atoms with van der Waals surface area (Å²) in [5.74, 6) is 2.81. The highest BCUT2D eigenvalue weighted by Gasteiger charge is 2.25. The van der Waals surface area contributed by atoms with E-state index in [-0.39, 0.29) is 5.88 Å². The number of thioether (sulfide) groups is 1. The average Bonchev–Trinajstić information content (AvgIpc) is 2.25. The van der Waals surface area contributed by atoms with Crippen LogP contribution >= 0.6 is 35.0 Å². The van der Waals surface area contributed by atoms with Crippen molar-refractivity contribution in [2.45, 2.75) is 20.8 Å². The second kappa shape index (κ2) is 10.9. The summed E-state index contributed by atoms with van der Waals surface area (Å²) in [6.07, 6.45) is 0. The number of rotatable bonds is 5. The smallest absolute Gasteiger partial charge is 0.250 e. The molecule has 0 aliphatic carbocycles. The molecule has 0 saturated heterocycles. The lowest BCUT2D eigenvalue weighted by Gasteiger charge is -2.16. The van der Waals surface area contributed by atoms with Gasteiger partial charge < -0.3 is 0 Å². The molecule has 0 heterocycles. The molecule has 0 bridgehead atoms. The van der Waals surface area contributed by atoms with Gasteiger partial charge in [-0.25, -0.2) is 5.48 Å². The number of hydrogen-bond acceptors (Lipinski definition) is 3. The van der Waals surface area contributed by atoms with Crippen LogP contribution in [0, 0.1) is 5.41 Å². The van der Waals surface area contributed by atoms with Crippen LogP contribution in [0.2, 0.25) is 0 Å². The minimum atomic E-state index is -0.684. The van der Waals surface area contributed by atoms with Gasteiger partial charge in [0, 0.05) is 17.5 Å². The van der Waals surface area contributed by atoms with E-state index in [1.165, 1.54) is 11.2 Å². The minimum Gasteiger partial charge on any atom is -0.289 e. The Morgan fingerprint density at radius 3 is 2.13 bits per heavy atom. The summed E-state index contributed by atoms with van der Waals surface area (Å²) < 4.78 is 0. The van der Waals surface area contributed by atoms with Crippen LogP contribution in [-0.2, 0) is 4.79 Å². The standard InChI is InChI=1S/C5H10ClNO2.C4H9ClS/c1-5(2,3-6)4(8)7-9;1-2-6-4-3-5/h9H,3H2,1-2H3,(H,7,8);2-4H2,1H3. The van der Waals surface area contributed by atoms with Gasteiger partial charge in [-0.1, -0.05) is 6.92 Å². The first-order valence-corrected chi connectivity index (χ1v) is 6.82. The number of carbonyl (C=O) groups is 1. The van der Waals surface area contributed by atoms with Crippen molar-refractivity contribution in [3.63, 3.8) is 0 Å². The molecular weight excluding hydrogens is 257 g/mol. The van der Waals surface area contributed by atoms with Gasteiger partial charge >= 0.3 is 0 Å². The van der Waals surface area contributed by atoms with Gasteiger partial charge in [-0.2, -0.15) is 11.8 Å². The fourth-order valence-corrected chi connectivity index (χ4v) is 1.26. The average molecular weight is 276 g/mol. The Morgan fingerprint density at radius 2 is 2.00 bits per heavy atom. The molecule has 0 aromatic rings. The highest BCUT2D eigenvalue weighted by atomic mass is 35.5. The Morgan fingerprint density at radius 1 is 1.47 bits per heavy atom. The lowest BCUT2D eigenvalue weighted by molar-refractivity contribution is -0.136. The maximum absolute atomic E-state index is 10.6. The van der Waals surface area contributed by atoms with E-state index in [0.717, 1.165) is 11.6 Å². The predicted molar refractivity (Wildman–Crippen MR) is 68.1 cm³/mol. The lowest BCUT2D eigenvalue weighted by atomic mass is 9.96. The summed E-state index contributed by atoms with van der Waals surface area (Å²) in [4.78, 5) is 10.6. The summed E-state index contributed by atoms with van der Waals surface area (Å²) in [5, 5.41) is 8.14. The number of amides is 1. The van der Waals surface area contributed by atoms with Crippen molar-refractivity contribution >= 4 is 40.9 Å². The number of hydroxylamine groups is 1. The molecule has 0 radical (unpaired) electrons. The van der Waals surface area contributed by atoms with Gasteiger partial charge in [0.05, 0.1) is 5.41 Å². The van der Waals surface area contributed by atoms with Crippen LogP contribution in [0.15, 0.2) is 0 Å². The highest BCUT2D eigenvalue weighted by molar-refractivity contribution is 7.99. The quantitative estimate of drug-likeness (QED) is 0.351. The number of alkyl halides is 2. The molecule has 6 heteroatoms. The summed E-state index contributed by atoms with van der Waals surface area (Å²) in [5.41, 5.74) is 0.849. The van der Waals surface area contributed by atoms with Gasteiger partial charge in [0.25, 0.3) is 0 Å². The first kappa shape index (κ1) is 17.7. The third kappa shape index (κ3) is 10.6. The normalized spacial score (nSPS) is 10.3. The second-order valence-corrected chi connectivity index (χ2v) is 5.38. The molecule has 0 saturated carbocycles. The molecule has 1 amide bonds. The Kier molecular flexibility index (Phi) is 12.9. The van der Waals surface area contributed by atoms with Crippen molar-refractivity contribution in [2.75, 3.05) is 23.3 Å². The summed E-state index contributed by atoms with van der Waals surface area (Å²) in [7, 11) is 0. The van der Waals surface area contributed by atoms with Gasteiger partial charge in [0.1, 0.15) is 0 Å². The van der Waals surface area contributed by atoms with Crippen LogP contribution in [0.1, 0.15) is 20.8 Å². The van der Waals surface area contributed by atoms with E-state index in [1.54, 1.807) is 13.8 Å². The van der Waals surface area contributed by atoms with E-state index in [9.17, 15) is 4.79 Å². The molecule has 0 rings (SSSR count). The molecular formula is C9H19Cl2NO2S. The van der Waals surface area contributed by atoms with Crippen LogP contribution in [0.4, 0.5) is 0 Å². The molecule has 0 aliphatic rings. The first-order chi connectivity index (χ1) is 6.96. The molecule has 0 spiro atoms. The van der Waals surface area contributed by atoms with Gasteiger partial charge in [-0.15, -0.1) is 23.2 Å². The molecule has 2 N–H and O–H groups in total. The maximum atomic E-state index is 10.6. The monoisotopic (exact) mass is 275 g/mol. The Hall–Kier alpha value is 0.360. The van der Waals surface area contributed by atoms with Crippen LogP contribution < -0.4 is 5.48 Å². The SMILES string of the molecule is CC(C)(CCl)C(=O)NO.CCSCCCl. The van der Waals surface area contributed by atoms with E-state index in [0.29, 0.717) is 0 Å². The van der Waals surface area contributed by atoms with Crippen molar-refractivity contribution in [2.24, 2.45) is 5.41 Å². The summed E-state index contributed by atoms with van der Waals surface area (Å²) >= 11 is 12.6. The third-order valence-electron chi connectivity index (χ3n) is 1.48. The molecule has 0 aliphatic heterocycles. The van der Waals surface area contributed by atoms with Crippen LogP contribution in [0.3, 0.4) is 0 Å². The van der Waals surface area contributed by atoms with Crippen LogP contribution in [-0.4, -0.2) is 34.4 Å². The van der Waals surface area contributed by atoms with Gasteiger partial charge in [-0.3, -0.25) is 10.0 Å². The second-order valence-electron chi connectivity index (χ2n) is 3.34. The molecule has 0 fully saturated rings. The Bertz CT molecular complexity index is 164. The lowest BCUT2D eigenvalue weighted by Crippen LogP contribution is -2.36. The largest absolute Gasteiger partial charge is 0.289 e. The molecule has 0 aromatic carbocycles. The fraction of sp³-hybridized carbons (Fsp3) is 0.889. The Balaban J connectivity index is 0. The molecule has 92 valence electrons. The van der Waals surface area contributed by atoms with Crippen molar-refractivity contribution in [1.82, 2.24) is 5.48 Å². The number of nitrogens with one attached hydrogen (secondary N) is 1. The Labute approximate surface area is 106 Å². The minimum absolute atomic E-state index is 0.194. The van der Waals surface area contributed by atoms with Crippen molar-refractivity contribution in [3.8, 4) is 0 Å². The van der Waals surface area contributed by atoms with E-state index >= 15 is 0 Å². The zero-order valence-corrected chi connectivity index (χ0v) is 11.7. The summed E-state index contributed by atoms with van der Waals surface area (Å²) in [6.45, 7) is 5.42. The fourth-order valence-electron chi connectivity index (χ4n) is 0.411. The molecule has 0 unspecified atom stereocenters. The number of carbonyl (C=O) groups excluding carboxylic acids is 1. The number of hydrogen-bond donors (Lipinski definition) is 2. The van der Waals surface area contributed by atoms with Gasteiger partial charge in [0.2, 0.25) is 5.91 Å². The van der Waals surface area contributed by atoms with E-state index in [1.807, 2.05) is 11.8 Å². The third-order valence-corrected chi connectivity index (χ3v) is 3.46. The number of halogens is 2. The van der Waals surface area contributed by atoms with Crippen molar-refractivity contribution in [3.05, 3.63) is 0 Å². The summed E-state index contributed by atoms with van der Waals surface area (Å²) in [6, 6.07) is 0. The van der Waals surface area contributed by atoms with E-state index in [2.05, 4.69) is 6.92 Å². The molecule has 3 nitrogen and oxygen atoms in total. The zero-order valence-electron chi connectivity index (χ0n) is 9.35. The molecule has 0 atom stereocenters. The van der Waals surface area contributed by atoms with Crippen molar-refractivity contribution < 1.29 is 10.0 Å². The molecule has 0 aromatic heterocycles. The van der Waals surface area contributed by atoms with E-state index in [4.69, 9.17) is 28.4 Å². The topological polar surface area (TPSA) is 49.3 Å². The van der Waals surface area contributed by atoms with E-state index < -0.39 is 11.3 Å². The predicted octanol–water partition coefficient (Wildman–Crippen LogP) is 2.74. The van der Waals surface area contributed by atoms with Crippen molar-refractivity contribution in [1.29, 1.82) is 0 Å². The van der Waals surface area contributed by atoms with Crippen LogP contribution in [0.5, 0.6) is 0 Å². The first-order valence-electron chi connectivity index (χ1n) is 4.60. The van der Waals surface area contributed by atoms with Gasteiger partial charge in [-0.05, 0) is 19.6 Å². The maximum Gasteiger partial charge on any atom is 0.250 e. The zero-order chi connectivity index (χ0) is 12.3. The highest BCUT2D eigenvalue weighted by Crippen LogP contribution is 2.15.